The van der Waals surface area contributed by atoms with Crippen molar-refractivity contribution in [3.63, 3.8) is 0 Å². The van der Waals surface area contributed by atoms with E-state index >= 15 is 0 Å². The lowest BCUT2D eigenvalue weighted by atomic mass is 10.3. The summed E-state index contributed by atoms with van der Waals surface area (Å²) in [6.07, 6.45) is 0.679. The largest absolute Gasteiger partial charge is 0.326 e. The maximum Gasteiger partial charge on any atom is 0.239 e. The van der Waals surface area contributed by atoms with Crippen molar-refractivity contribution < 1.29 is 9.59 Å². The van der Waals surface area contributed by atoms with Crippen LogP contribution in [0.25, 0.3) is 0 Å². The molecule has 2 amide bonds. The number of amides is 2. The molecule has 0 radical (unpaired) electrons. The van der Waals surface area contributed by atoms with E-state index in [0.717, 1.165) is 15.6 Å². The zero-order valence-corrected chi connectivity index (χ0v) is 14.8. The number of benzene rings is 1. The number of nitrogens with zero attached hydrogens (tertiary/aromatic N) is 2. The van der Waals surface area contributed by atoms with Crippen LogP contribution in [0.5, 0.6) is 0 Å². The third-order valence-corrected chi connectivity index (χ3v) is 4.96. The summed E-state index contributed by atoms with van der Waals surface area (Å²) in [6.45, 7) is 5.26. The number of carbonyl (C=O) groups is 2. The molecule has 0 fully saturated rings. The van der Waals surface area contributed by atoms with Gasteiger partial charge in [-0.1, -0.05) is 24.3 Å². The van der Waals surface area contributed by atoms with E-state index in [2.05, 4.69) is 20.8 Å². The van der Waals surface area contributed by atoms with Gasteiger partial charge in [0.25, 0.3) is 0 Å². The predicted octanol–water partition coefficient (Wildman–Crippen LogP) is 3.31. The first kappa shape index (κ1) is 17.4. The lowest BCUT2D eigenvalue weighted by molar-refractivity contribution is -0.116. The Morgan fingerprint density at radius 1 is 1.30 bits per heavy atom. The van der Waals surface area contributed by atoms with Crippen molar-refractivity contribution in [3.05, 3.63) is 29.3 Å². The predicted molar refractivity (Wildman–Crippen MR) is 94.0 cm³/mol. The van der Waals surface area contributed by atoms with Gasteiger partial charge in [0.15, 0.2) is 0 Å². The lowest BCUT2D eigenvalue weighted by Gasteiger charge is -2.14. The van der Waals surface area contributed by atoms with Crippen molar-refractivity contribution in [2.24, 2.45) is 0 Å². The Kier molecular flexibility index (Phi) is 6.12. The molecular formula is C15H18N4O2S2. The number of anilines is 2. The van der Waals surface area contributed by atoms with Gasteiger partial charge >= 0.3 is 0 Å². The van der Waals surface area contributed by atoms with Gasteiger partial charge in [-0.25, -0.2) is 0 Å². The van der Waals surface area contributed by atoms with Gasteiger partial charge < -0.3 is 5.32 Å². The Morgan fingerprint density at radius 2 is 2.09 bits per heavy atom. The Morgan fingerprint density at radius 3 is 2.70 bits per heavy atom. The smallest absolute Gasteiger partial charge is 0.239 e. The summed E-state index contributed by atoms with van der Waals surface area (Å²) in [4.78, 5) is 24.4. The number of thioether (sulfide) groups is 1. The number of hydrogen-bond donors (Lipinski definition) is 2. The number of aryl methyl sites for hydroxylation is 1. The number of rotatable bonds is 6. The molecule has 0 aliphatic heterocycles. The standard InChI is InChI=1S/C15H18N4O2S2/c1-4-13(14(21)17-15-19-18-10(3)22-15)23-12-7-5-6-11(8-12)16-9(2)20/h5-8,13H,4H2,1-3H3,(H,16,20)(H,17,19,21). The van der Waals surface area contributed by atoms with E-state index < -0.39 is 0 Å². The molecule has 0 bridgehead atoms. The van der Waals surface area contributed by atoms with Crippen LogP contribution < -0.4 is 10.6 Å². The first-order valence-corrected chi connectivity index (χ1v) is 8.83. The molecule has 0 spiro atoms. The average molecular weight is 350 g/mol. The molecule has 1 unspecified atom stereocenters. The fourth-order valence-electron chi connectivity index (χ4n) is 1.87. The van der Waals surface area contributed by atoms with Crippen molar-refractivity contribution in [1.29, 1.82) is 0 Å². The summed E-state index contributed by atoms with van der Waals surface area (Å²) < 4.78 is 0. The Labute approximate surface area is 143 Å². The monoisotopic (exact) mass is 350 g/mol. The average Bonchev–Trinajstić information content (AvgIpc) is 2.89. The summed E-state index contributed by atoms with van der Waals surface area (Å²) >= 11 is 2.81. The van der Waals surface area contributed by atoms with Gasteiger partial charge in [0.2, 0.25) is 16.9 Å². The molecule has 8 heteroatoms. The molecule has 23 heavy (non-hydrogen) atoms. The minimum absolute atomic E-state index is 0.0985. The quantitative estimate of drug-likeness (QED) is 0.781. The molecule has 2 rings (SSSR count). The summed E-state index contributed by atoms with van der Waals surface area (Å²) in [6, 6.07) is 7.45. The molecule has 6 nitrogen and oxygen atoms in total. The van der Waals surface area contributed by atoms with Crippen molar-refractivity contribution in [3.8, 4) is 0 Å². The fourth-order valence-corrected chi connectivity index (χ4v) is 3.48. The van der Waals surface area contributed by atoms with E-state index in [0.29, 0.717) is 11.6 Å². The lowest BCUT2D eigenvalue weighted by Crippen LogP contribution is -2.24. The van der Waals surface area contributed by atoms with Crippen LogP contribution in [0.2, 0.25) is 0 Å². The van der Waals surface area contributed by atoms with Gasteiger partial charge in [-0.15, -0.1) is 22.0 Å². The van der Waals surface area contributed by atoms with Crippen LogP contribution in [-0.4, -0.2) is 27.3 Å². The third-order valence-electron chi connectivity index (χ3n) is 2.85. The molecule has 2 N–H and O–H groups in total. The second kappa shape index (κ2) is 8.07. The Hall–Kier alpha value is -1.93. The van der Waals surface area contributed by atoms with Gasteiger partial charge in [0, 0.05) is 17.5 Å². The molecule has 1 aromatic heterocycles. The molecule has 1 atom stereocenters. The van der Waals surface area contributed by atoms with Crippen LogP contribution in [0, 0.1) is 6.92 Å². The maximum atomic E-state index is 12.4. The normalized spacial score (nSPS) is 11.8. The van der Waals surface area contributed by atoms with Gasteiger partial charge in [-0.05, 0) is 31.5 Å². The van der Waals surface area contributed by atoms with Crippen molar-refractivity contribution in [2.75, 3.05) is 10.6 Å². The molecule has 0 saturated carbocycles. The summed E-state index contributed by atoms with van der Waals surface area (Å²) in [5.41, 5.74) is 0.720. The zero-order valence-electron chi connectivity index (χ0n) is 13.1. The van der Waals surface area contributed by atoms with Crippen molar-refractivity contribution in [1.82, 2.24) is 10.2 Å². The third kappa shape index (κ3) is 5.33. The number of hydrogen-bond acceptors (Lipinski definition) is 6. The molecule has 122 valence electrons. The molecule has 0 saturated heterocycles. The van der Waals surface area contributed by atoms with E-state index in [1.165, 1.54) is 30.0 Å². The first-order chi connectivity index (χ1) is 11.0. The van der Waals surface area contributed by atoms with E-state index in [1.54, 1.807) is 0 Å². The Bertz CT molecular complexity index is 702. The molecule has 0 aliphatic rings. The number of nitrogens with one attached hydrogen (secondary N) is 2. The van der Waals surface area contributed by atoms with Gasteiger partial charge in [-0.2, -0.15) is 0 Å². The topological polar surface area (TPSA) is 84.0 Å². The highest BCUT2D eigenvalue weighted by Crippen LogP contribution is 2.28. The van der Waals surface area contributed by atoms with Crippen LogP contribution in [0.15, 0.2) is 29.2 Å². The fraction of sp³-hybridized carbons (Fsp3) is 0.333. The summed E-state index contributed by atoms with van der Waals surface area (Å²) in [5, 5.41) is 14.4. The van der Waals surface area contributed by atoms with E-state index in [4.69, 9.17) is 0 Å². The van der Waals surface area contributed by atoms with Crippen LogP contribution in [-0.2, 0) is 9.59 Å². The highest BCUT2D eigenvalue weighted by Gasteiger charge is 2.19. The second-order valence-electron chi connectivity index (χ2n) is 4.84. The minimum Gasteiger partial charge on any atom is -0.326 e. The second-order valence-corrected chi connectivity index (χ2v) is 7.30. The van der Waals surface area contributed by atoms with Gasteiger partial charge in [0.05, 0.1) is 5.25 Å². The molecule has 0 aliphatic carbocycles. The zero-order chi connectivity index (χ0) is 16.8. The van der Waals surface area contributed by atoms with Gasteiger partial charge in [-0.3, -0.25) is 14.9 Å². The number of aromatic nitrogens is 2. The van der Waals surface area contributed by atoms with Gasteiger partial charge in [0.1, 0.15) is 5.01 Å². The van der Waals surface area contributed by atoms with Crippen LogP contribution >= 0.6 is 23.1 Å². The molecule has 1 heterocycles. The van der Waals surface area contributed by atoms with Crippen LogP contribution in [0.3, 0.4) is 0 Å². The molecule has 1 aromatic carbocycles. The van der Waals surface area contributed by atoms with Crippen LogP contribution in [0.1, 0.15) is 25.3 Å². The summed E-state index contributed by atoms with van der Waals surface area (Å²) in [7, 11) is 0. The van der Waals surface area contributed by atoms with Crippen molar-refractivity contribution in [2.45, 2.75) is 37.3 Å². The summed E-state index contributed by atoms with van der Waals surface area (Å²) in [5.74, 6) is -0.220. The highest BCUT2D eigenvalue weighted by atomic mass is 32.2. The highest BCUT2D eigenvalue weighted by molar-refractivity contribution is 8.00. The molecular weight excluding hydrogens is 332 g/mol. The maximum absolute atomic E-state index is 12.4. The van der Waals surface area contributed by atoms with Crippen molar-refractivity contribution >= 4 is 45.7 Å². The van der Waals surface area contributed by atoms with E-state index in [1.807, 2.05) is 38.1 Å². The SMILES string of the molecule is CCC(Sc1cccc(NC(C)=O)c1)C(=O)Nc1nnc(C)s1. The van der Waals surface area contributed by atoms with E-state index in [-0.39, 0.29) is 17.1 Å². The van der Waals surface area contributed by atoms with Crippen LogP contribution in [0.4, 0.5) is 10.8 Å². The first-order valence-electron chi connectivity index (χ1n) is 7.13. The van der Waals surface area contributed by atoms with E-state index in [9.17, 15) is 9.59 Å². The Balaban J connectivity index is 2.03. The minimum atomic E-state index is -0.244. The molecule has 2 aromatic rings. The number of carbonyl (C=O) groups excluding carboxylic acids is 2.